The summed E-state index contributed by atoms with van der Waals surface area (Å²) in [7, 11) is 1.58. The Labute approximate surface area is 410 Å². The fourth-order valence-corrected chi connectivity index (χ4v) is 8.06. The molecule has 2 atom stereocenters. The molecule has 406 valence electrons. The zero-order chi connectivity index (χ0) is 51.7. The van der Waals surface area contributed by atoms with Crippen molar-refractivity contribution < 1.29 is 88.6 Å². The highest BCUT2D eigenvalue weighted by atomic mass is 16.6. The van der Waals surface area contributed by atoms with Gasteiger partial charge in [-0.1, -0.05) is 0 Å². The Hall–Kier alpha value is -3.78. The van der Waals surface area contributed by atoms with Crippen molar-refractivity contribution in [3.8, 4) is 0 Å². The first-order chi connectivity index (χ1) is 33.4. The summed E-state index contributed by atoms with van der Waals surface area (Å²) in [5.74, 6) is -6.35. The molecule has 2 heterocycles. The van der Waals surface area contributed by atoms with Gasteiger partial charge in [-0.2, -0.15) is 0 Å². The summed E-state index contributed by atoms with van der Waals surface area (Å²) in [6, 6.07) is 0. The SMILES string of the molecule is COCCOCCOCCOCCN(CC(O)CN1CCN(CC(=O)O)CCN(CC(=O)O)CCN(CC(=O)O)CC1)CC(O)CN1CCN(CC(=O)O)CCN(CC(=O)O)CCN(CC(=O)O)CC1. The Morgan fingerprint density at radius 2 is 0.586 bits per heavy atom. The zero-order valence-corrected chi connectivity index (χ0v) is 40.9. The van der Waals surface area contributed by atoms with Crippen LogP contribution in [0.25, 0.3) is 0 Å². The van der Waals surface area contributed by atoms with Crippen molar-refractivity contribution in [3.63, 3.8) is 0 Å². The Balaban J connectivity index is 2.27. The van der Waals surface area contributed by atoms with Crippen molar-refractivity contribution >= 4 is 35.8 Å². The Bertz CT molecular complexity index is 1350. The van der Waals surface area contributed by atoms with E-state index in [2.05, 4.69) is 0 Å². The normalized spacial score (nSPS) is 19.4. The molecule has 2 rings (SSSR count). The third-order valence-electron chi connectivity index (χ3n) is 11.6. The van der Waals surface area contributed by atoms with Gasteiger partial charge >= 0.3 is 35.8 Å². The van der Waals surface area contributed by atoms with Gasteiger partial charge in [-0.3, -0.25) is 72.9 Å². The average molecular weight is 1010 g/mol. The van der Waals surface area contributed by atoms with Gasteiger partial charge in [-0.15, -0.1) is 0 Å². The largest absolute Gasteiger partial charge is 0.480 e. The molecule has 2 aliphatic heterocycles. The molecule has 2 saturated heterocycles. The monoisotopic (exact) mass is 1010 g/mol. The number of carboxylic acids is 6. The summed E-state index contributed by atoms with van der Waals surface area (Å²) in [6.07, 6.45) is -2.02. The van der Waals surface area contributed by atoms with Crippen LogP contribution < -0.4 is 0 Å². The summed E-state index contributed by atoms with van der Waals surface area (Å²) in [5, 5.41) is 80.9. The van der Waals surface area contributed by atoms with E-state index in [1.165, 1.54) is 0 Å². The molecule has 0 bridgehead atoms. The Morgan fingerprint density at radius 1 is 0.371 bits per heavy atom. The average Bonchev–Trinajstić information content (AvgIpc) is 3.26. The number of rotatable bonds is 32. The van der Waals surface area contributed by atoms with Gasteiger partial charge < -0.3 is 59.8 Å². The minimum atomic E-state index is -1.06. The van der Waals surface area contributed by atoms with Crippen molar-refractivity contribution in [2.24, 2.45) is 0 Å². The minimum absolute atomic E-state index is 0.0691. The molecule has 0 aromatic heterocycles. The van der Waals surface area contributed by atoms with Crippen LogP contribution in [0.2, 0.25) is 0 Å². The second kappa shape index (κ2) is 37.0. The molecule has 0 saturated carbocycles. The van der Waals surface area contributed by atoms with Crippen LogP contribution in [0.4, 0.5) is 0 Å². The highest BCUT2D eigenvalue weighted by Gasteiger charge is 2.25. The first-order valence-electron chi connectivity index (χ1n) is 23.8. The molecule has 0 aromatic carbocycles. The molecule has 2 aliphatic rings. The van der Waals surface area contributed by atoms with Crippen LogP contribution in [-0.4, -0.2) is 363 Å². The van der Waals surface area contributed by atoms with Gasteiger partial charge in [0, 0.05) is 145 Å². The number of hydrogen-bond donors (Lipinski definition) is 8. The van der Waals surface area contributed by atoms with Crippen LogP contribution in [0.15, 0.2) is 0 Å². The number of carboxylic acid groups (broad SMARTS) is 6. The molecular weight excluding hydrogens is 931 g/mol. The third kappa shape index (κ3) is 32.2. The predicted octanol–water partition coefficient (Wildman–Crippen LogP) is -5.34. The number of ether oxygens (including phenoxy) is 4. The Morgan fingerprint density at radius 3 is 0.814 bits per heavy atom. The fourth-order valence-electron chi connectivity index (χ4n) is 8.06. The second-order valence-corrected chi connectivity index (χ2v) is 17.5. The highest BCUT2D eigenvalue weighted by molar-refractivity contribution is 5.70. The number of β-amino-alcohol motifs (C(OH)–C–C–N with tert-alkyl or cyclic N) is 2. The standard InChI is InChI=1S/C43H81N9O18/c1-67-20-21-69-24-25-70-23-22-68-19-18-52(28-36(53)26-44-2-6-46(30-38(55)56)10-14-50(34-42(63)64)15-11-47(7-3-44)31-39(57)58)29-37(54)27-45-4-8-48(32-40(59)60)12-16-51(35-43(65)66)17-13-49(9-5-45)33-41(61)62/h36-37,53-54H,2-35H2,1H3,(H,55,56)(H,57,58)(H,59,60)(H,61,62)(H,63,64)(H,65,66). The van der Waals surface area contributed by atoms with Gasteiger partial charge in [-0.05, 0) is 0 Å². The number of aliphatic hydroxyl groups excluding tert-OH is 2. The quantitative estimate of drug-likeness (QED) is 0.0292. The lowest BCUT2D eigenvalue weighted by Gasteiger charge is -2.35. The summed E-state index contributed by atoms with van der Waals surface area (Å²) in [5.41, 5.74) is 0. The molecule has 2 unspecified atom stereocenters. The smallest absolute Gasteiger partial charge is 0.317 e. The van der Waals surface area contributed by atoms with Crippen LogP contribution >= 0.6 is 0 Å². The van der Waals surface area contributed by atoms with Gasteiger partial charge in [0.05, 0.1) is 97.7 Å². The van der Waals surface area contributed by atoms with Crippen molar-refractivity contribution in [1.29, 1.82) is 0 Å². The second-order valence-electron chi connectivity index (χ2n) is 17.5. The summed E-state index contributed by atoms with van der Waals surface area (Å²) >= 11 is 0. The van der Waals surface area contributed by atoms with Gasteiger partial charge in [0.2, 0.25) is 0 Å². The van der Waals surface area contributed by atoms with E-state index in [-0.39, 0.29) is 164 Å². The lowest BCUT2D eigenvalue weighted by molar-refractivity contribution is -0.140. The summed E-state index contributed by atoms with van der Waals surface area (Å²) in [6.45, 7) is 5.52. The van der Waals surface area contributed by atoms with Gasteiger partial charge in [0.25, 0.3) is 0 Å². The number of methoxy groups -OCH3 is 1. The maximum Gasteiger partial charge on any atom is 0.317 e. The molecule has 27 heteroatoms. The van der Waals surface area contributed by atoms with E-state index in [0.29, 0.717) is 59.2 Å². The van der Waals surface area contributed by atoms with Crippen molar-refractivity contribution in [2.75, 3.05) is 230 Å². The van der Waals surface area contributed by atoms with Gasteiger partial charge in [0.1, 0.15) is 0 Å². The van der Waals surface area contributed by atoms with Crippen LogP contribution in [0.1, 0.15) is 0 Å². The van der Waals surface area contributed by atoms with Crippen LogP contribution in [-0.2, 0) is 47.7 Å². The molecule has 0 aliphatic carbocycles. The number of aliphatic carboxylic acids is 6. The maximum absolute atomic E-state index is 11.8. The topological polar surface area (TPSA) is 330 Å². The third-order valence-corrected chi connectivity index (χ3v) is 11.6. The van der Waals surface area contributed by atoms with Gasteiger partial charge in [-0.25, -0.2) is 0 Å². The highest BCUT2D eigenvalue weighted by Crippen LogP contribution is 2.07. The first-order valence-corrected chi connectivity index (χ1v) is 23.8. The van der Waals surface area contributed by atoms with Crippen LogP contribution in [0.5, 0.6) is 0 Å². The van der Waals surface area contributed by atoms with E-state index in [4.69, 9.17) is 18.9 Å². The lowest BCUT2D eigenvalue weighted by atomic mass is 10.2. The number of carbonyl (C=O) groups is 6. The van der Waals surface area contributed by atoms with Crippen LogP contribution in [0, 0.1) is 0 Å². The van der Waals surface area contributed by atoms with Crippen molar-refractivity contribution in [3.05, 3.63) is 0 Å². The van der Waals surface area contributed by atoms with Crippen molar-refractivity contribution in [2.45, 2.75) is 12.2 Å². The Kier molecular flexibility index (Phi) is 33.0. The van der Waals surface area contributed by atoms with E-state index in [1.807, 2.05) is 14.7 Å². The van der Waals surface area contributed by atoms with E-state index in [9.17, 15) is 69.6 Å². The van der Waals surface area contributed by atoms with Crippen LogP contribution in [0.3, 0.4) is 0 Å². The number of aliphatic hydroxyl groups is 2. The van der Waals surface area contributed by atoms with Gasteiger partial charge in [0.15, 0.2) is 0 Å². The van der Waals surface area contributed by atoms with E-state index < -0.39 is 48.0 Å². The maximum atomic E-state index is 11.8. The predicted molar refractivity (Wildman–Crippen MR) is 250 cm³/mol. The summed E-state index contributed by atoms with van der Waals surface area (Å²) in [4.78, 5) is 86.2. The molecule has 70 heavy (non-hydrogen) atoms. The van der Waals surface area contributed by atoms with E-state index in [1.54, 1.807) is 36.5 Å². The fraction of sp³-hybridized carbons (Fsp3) is 0.860. The summed E-state index contributed by atoms with van der Waals surface area (Å²) < 4.78 is 21.8. The molecule has 0 aromatic rings. The molecule has 27 nitrogen and oxygen atoms in total. The van der Waals surface area contributed by atoms with E-state index in [0.717, 1.165) is 0 Å². The molecule has 0 spiro atoms. The number of nitrogens with zero attached hydrogens (tertiary/aromatic N) is 9. The first kappa shape index (κ1) is 62.3. The molecular formula is C43H81N9O18. The molecule has 8 N–H and O–H groups in total. The zero-order valence-electron chi connectivity index (χ0n) is 40.9. The minimum Gasteiger partial charge on any atom is -0.480 e. The van der Waals surface area contributed by atoms with E-state index >= 15 is 0 Å². The lowest BCUT2D eigenvalue weighted by Crippen LogP contribution is -2.51. The molecule has 2 fully saturated rings. The molecule has 0 radical (unpaired) electrons. The molecule has 0 amide bonds. The number of hydrogen-bond acceptors (Lipinski definition) is 21. The van der Waals surface area contributed by atoms with Crippen molar-refractivity contribution in [1.82, 2.24) is 44.1 Å².